The van der Waals surface area contributed by atoms with Crippen molar-refractivity contribution in [2.45, 2.75) is 37.7 Å². The van der Waals surface area contributed by atoms with Crippen LogP contribution in [-0.4, -0.2) is 18.5 Å². The van der Waals surface area contributed by atoms with Gasteiger partial charge in [0.15, 0.2) is 0 Å². The van der Waals surface area contributed by atoms with Crippen LogP contribution in [0.4, 0.5) is 0 Å². The summed E-state index contributed by atoms with van der Waals surface area (Å²) in [7, 11) is 1.66. The van der Waals surface area contributed by atoms with E-state index < -0.39 is 5.60 Å². The molecule has 1 saturated carbocycles. The Balaban J connectivity index is 2.28. The SMILES string of the molecule is COC1(C(=O)c2sccc2Br)CCCCC1. The van der Waals surface area contributed by atoms with Gasteiger partial charge < -0.3 is 4.74 Å². The summed E-state index contributed by atoms with van der Waals surface area (Å²) in [5.41, 5.74) is -0.564. The smallest absolute Gasteiger partial charge is 0.205 e. The van der Waals surface area contributed by atoms with Crippen LogP contribution in [0.15, 0.2) is 15.9 Å². The molecule has 0 N–H and O–H groups in total. The number of rotatable bonds is 3. The first-order valence-corrected chi connectivity index (χ1v) is 7.20. The molecular weight excluding hydrogens is 288 g/mol. The molecule has 2 rings (SSSR count). The van der Waals surface area contributed by atoms with Crippen molar-refractivity contribution >= 4 is 33.0 Å². The minimum Gasteiger partial charge on any atom is -0.370 e. The van der Waals surface area contributed by atoms with E-state index in [9.17, 15) is 4.79 Å². The molecule has 1 fully saturated rings. The standard InChI is InChI=1S/C12H15BrO2S/c1-15-12(6-3-2-4-7-12)11(14)10-9(13)5-8-16-10/h5,8H,2-4,6-7H2,1H3. The number of methoxy groups -OCH3 is 1. The lowest BCUT2D eigenvalue weighted by atomic mass is 9.81. The minimum absolute atomic E-state index is 0.150. The van der Waals surface area contributed by atoms with Crippen molar-refractivity contribution in [3.63, 3.8) is 0 Å². The first-order valence-electron chi connectivity index (χ1n) is 5.52. The van der Waals surface area contributed by atoms with E-state index in [2.05, 4.69) is 15.9 Å². The predicted octanol–water partition coefficient (Wildman–Crippen LogP) is 4.04. The van der Waals surface area contributed by atoms with Crippen LogP contribution in [0.5, 0.6) is 0 Å². The van der Waals surface area contributed by atoms with Crippen LogP contribution in [-0.2, 0) is 4.74 Å². The number of ether oxygens (including phenoxy) is 1. The molecule has 88 valence electrons. The molecule has 0 amide bonds. The monoisotopic (exact) mass is 302 g/mol. The van der Waals surface area contributed by atoms with Crippen molar-refractivity contribution in [3.8, 4) is 0 Å². The second-order valence-electron chi connectivity index (χ2n) is 4.19. The van der Waals surface area contributed by atoms with Crippen LogP contribution in [0.3, 0.4) is 0 Å². The van der Waals surface area contributed by atoms with E-state index in [-0.39, 0.29) is 5.78 Å². The van der Waals surface area contributed by atoms with Crippen LogP contribution in [0, 0.1) is 0 Å². The molecule has 0 spiro atoms. The zero-order valence-electron chi connectivity index (χ0n) is 9.29. The summed E-state index contributed by atoms with van der Waals surface area (Å²) in [6.45, 7) is 0. The molecule has 1 aliphatic carbocycles. The Hall–Kier alpha value is -0.190. The van der Waals surface area contributed by atoms with Crippen molar-refractivity contribution in [1.29, 1.82) is 0 Å². The molecule has 1 aromatic heterocycles. The van der Waals surface area contributed by atoms with E-state index in [1.807, 2.05) is 11.4 Å². The van der Waals surface area contributed by atoms with Gasteiger partial charge in [-0.1, -0.05) is 19.3 Å². The van der Waals surface area contributed by atoms with Gasteiger partial charge in [0.2, 0.25) is 5.78 Å². The summed E-state index contributed by atoms with van der Waals surface area (Å²) in [6.07, 6.45) is 5.09. The maximum Gasteiger partial charge on any atom is 0.205 e. The maximum atomic E-state index is 12.5. The second kappa shape index (κ2) is 4.98. The van der Waals surface area contributed by atoms with Crippen LogP contribution >= 0.6 is 27.3 Å². The maximum absolute atomic E-state index is 12.5. The summed E-state index contributed by atoms with van der Waals surface area (Å²) in [5.74, 6) is 0.150. The topological polar surface area (TPSA) is 26.3 Å². The fraction of sp³-hybridized carbons (Fsp3) is 0.583. The number of hydrogen-bond donors (Lipinski definition) is 0. The zero-order valence-corrected chi connectivity index (χ0v) is 11.7. The fourth-order valence-corrected chi connectivity index (χ4v) is 3.89. The van der Waals surface area contributed by atoms with Crippen molar-refractivity contribution in [2.75, 3.05) is 7.11 Å². The van der Waals surface area contributed by atoms with Crippen LogP contribution in [0.25, 0.3) is 0 Å². The summed E-state index contributed by atoms with van der Waals surface area (Å²) in [6, 6.07) is 1.92. The Kier molecular flexibility index (Phi) is 3.82. The second-order valence-corrected chi connectivity index (χ2v) is 5.96. The highest BCUT2D eigenvalue weighted by atomic mass is 79.9. The van der Waals surface area contributed by atoms with E-state index in [0.29, 0.717) is 0 Å². The van der Waals surface area contributed by atoms with Crippen molar-refractivity contribution in [3.05, 3.63) is 20.8 Å². The van der Waals surface area contributed by atoms with Gasteiger partial charge in [-0.3, -0.25) is 4.79 Å². The van der Waals surface area contributed by atoms with E-state index in [1.54, 1.807) is 7.11 Å². The van der Waals surface area contributed by atoms with Crippen molar-refractivity contribution in [1.82, 2.24) is 0 Å². The average molecular weight is 303 g/mol. The molecule has 0 aromatic carbocycles. The number of hydrogen-bond acceptors (Lipinski definition) is 3. The van der Waals surface area contributed by atoms with E-state index in [0.717, 1.165) is 35.0 Å². The lowest BCUT2D eigenvalue weighted by Gasteiger charge is -2.34. The summed E-state index contributed by atoms with van der Waals surface area (Å²) in [5, 5.41) is 1.93. The Labute approximate surface area is 108 Å². The van der Waals surface area contributed by atoms with Crippen molar-refractivity contribution in [2.24, 2.45) is 0 Å². The normalized spacial score (nSPS) is 19.6. The Morgan fingerprint density at radius 1 is 1.44 bits per heavy atom. The van der Waals surface area contributed by atoms with Gasteiger partial charge in [-0.05, 0) is 40.2 Å². The summed E-state index contributed by atoms with van der Waals surface area (Å²) >= 11 is 4.91. The Bertz CT molecular complexity index is 380. The van der Waals surface area contributed by atoms with Crippen LogP contribution in [0.2, 0.25) is 0 Å². The van der Waals surface area contributed by atoms with Gasteiger partial charge in [0.05, 0.1) is 4.88 Å². The van der Waals surface area contributed by atoms with Gasteiger partial charge in [-0.2, -0.15) is 0 Å². The predicted molar refractivity (Wildman–Crippen MR) is 69.2 cm³/mol. The van der Waals surface area contributed by atoms with Gasteiger partial charge in [0.1, 0.15) is 5.60 Å². The molecule has 0 radical (unpaired) electrons. The molecule has 1 heterocycles. The highest BCUT2D eigenvalue weighted by molar-refractivity contribution is 9.10. The van der Waals surface area contributed by atoms with Gasteiger partial charge in [-0.25, -0.2) is 0 Å². The van der Waals surface area contributed by atoms with E-state index >= 15 is 0 Å². The number of ketones is 1. The number of carbonyl (C=O) groups excluding carboxylic acids is 1. The van der Waals surface area contributed by atoms with E-state index in [4.69, 9.17) is 4.74 Å². The van der Waals surface area contributed by atoms with E-state index in [1.165, 1.54) is 17.8 Å². The van der Waals surface area contributed by atoms with Gasteiger partial charge >= 0.3 is 0 Å². The third-order valence-electron chi connectivity index (χ3n) is 3.29. The first-order chi connectivity index (χ1) is 7.69. The number of Topliss-reactive ketones (excluding diaryl/α,β-unsaturated/α-hetero) is 1. The minimum atomic E-state index is -0.564. The molecule has 4 heteroatoms. The molecule has 0 bridgehead atoms. The fourth-order valence-electron chi connectivity index (χ4n) is 2.31. The number of halogens is 1. The third kappa shape index (κ3) is 2.11. The lowest BCUT2D eigenvalue weighted by Crippen LogP contribution is -2.42. The molecule has 0 aliphatic heterocycles. The molecule has 1 aromatic rings. The van der Waals surface area contributed by atoms with Gasteiger partial charge in [0, 0.05) is 11.6 Å². The molecule has 0 unspecified atom stereocenters. The van der Waals surface area contributed by atoms with Crippen LogP contribution in [0.1, 0.15) is 41.8 Å². The quantitative estimate of drug-likeness (QED) is 0.788. The zero-order chi connectivity index (χ0) is 11.6. The largest absolute Gasteiger partial charge is 0.370 e. The van der Waals surface area contributed by atoms with Crippen LogP contribution < -0.4 is 0 Å². The third-order valence-corrected chi connectivity index (χ3v) is 5.13. The molecule has 0 saturated heterocycles. The molecule has 0 atom stereocenters. The Morgan fingerprint density at radius 3 is 2.62 bits per heavy atom. The molecule has 2 nitrogen and oxygen atoms in total. The molecule has 1 aliphatic rings. The molecule has 16 heavy (non-hydrogen) atoms. The number of carbonyl (C=O) groups is 1. The van der Waals surface area contributed by atoms with Crippen molar-refractivity contribution < 1.29 is 9.53 Å². The highest BCUT2D eigenvalue weighted by Gasteiger charge is 2.41. The lowest BCUT2D eigenvalue weighted by molar-refractivity contribution is -0.0191. The summed E-state index contributed by atoms with van der Waals surface area (Å²) in [4.78, 5) is 13.3. The number of thiophene rings is 1. The highest BCUT2D eigenvalue weighted by Crippen LogP contribution is 2.37. The first kappa shape index (κ1) is 12.3. The average Bonchev–Trinajstić information content (AvgIpc) is 2.75. The van der Waals surface area contributed by atoms with Gasteiger partial charge in [-0.15, -0.1) is 11.3 Å². The van der Waals surface area contributed by atoms with Gasteiger partial charge in [0.25, 0.3) is 0 Å². The Morgan fingerprint density at radius 2 is 2.12 bits per heavy atom. The molecular formula is C12H15BrO2S. The summed E-state index contributed by atoms with van der Waals surface area (Å²) < 4.78 is 6.45.